The maximum absolute atomic E-state index is 4.85. The molecule has 68 valence electrons. The highest BCUT2D eigenvalue weighted by molar-refractivity contribution is 5.27. The lowest BCUT2D eigenvalue weighted by Gasteiger charge is -1.97. The van der Waals surface area contributed by atoms with E-state index in [9.17, 15) is 0 Å². The summed E-state index contributed by atoms with van der Waals surface area (Å²) in [7, 11) is 1.66. The van der Waals surface area contributed by atoms with Gasteiger partial charge in [0.1, 0.15) is 0 Å². The third-order valence-electron chi connectivity index (χ3n) is 1.69. The molecule has 0 aromatic rings. The zero-order valence-electron chi connectivity index (χ0n) is 8.42. The van der Waals surface area contributed by atoms with Gasteiger partial charge in [0.05, 0.1) is 13.4 Å². The van der Waals surface area contributed by atoms with Crippen LogP contribution in [-0.4, -0.2) is 7.11 Å². The molecule has 0 saturated carbocycles. The lowest BCUT2D eigenvalue weighted by molar-refractivity contribution is 0.337. The van der Waals surface area contributed by atoms with E-state index in [0.717, 1.165) is 6.42 Å². The predicted octanol–water partition coefficient (Wildman–Crippen LogP) is 3.45. The highest BCUT2D eigenvalue weighted by Crippen LogP contribution is 2.07. The number of hydrogen-bond donors (Lipinski definition) is 0. The fourth-order valence-corrected chi connectivity index (χ4v) is 0.799. The van der Waals surface area contributed by atoms with E-state index in [1.807, 2.05) is 13.0 Å². The molecule has 0 unspecified atom stereocenters. The highest BCUT2D eigenvalue weighted by Gasteiger charge is 1.87. The van der Waals surface area contributed by atoms with Crippen molar-refractivity contribution in [2.24, 2.45) is 0 Å². The van der Waals surface area contributed by atoms with Crippen molar-refractivity contribution in [2.45, 2.75) is 27.2 Å². The average molecular weight is 166 g/mol. The third kappa shape index (κ3) is 4.78. The van der Waals surface area contributed by atoms with E-state index in [0.29, 0.717) is 0 Å². The van der Waals surface area contributed by atoms with E-state index >= 15 is 0 Å². The van der Waals surface area contributed by atoms with Crippen LogP contribution in [0.4, 0.5) is 0 Å². The van der Waals surface area contributed by atoms with Crippen molar-refractivity contribution in [1.82, 2.24) is 0 Å². The van der Waals surface area contributed by atoms with E-state index in [1.54, 1.807) is 13.4 Å². The summed E-state index contributed by atoms with van der Waals surface area (Å²) in [6.07, 6.45) is 8.99. The van der Waals surface area contributed by atoms with Crippen LogP contribution in [0.3, 0.4) is 0 Å². The molecular formula is C11H18O. The Labute approximate surface area is 75.4 Å². The van der Waals surface area contributed by atoms with Crippen LogP contribution in [0.15, 0.2) is 35.6 Å². The number of rotatable bonds is 4. The quantitative estimate of drug-likeness (QED) is 0.459. The molecule has 0 aromatic heterocycles. The van der Waals surface area contributed by atoms with Gasteiger partial charge in [0.2, 0.25) is 0 Å². The zero-order valence-corrected chi connectivity index (χ0v) is 8.42. The van der Waals surface area contributed by atoms with E-state index in [1.165, 1.54) is 11.1 Å². The highest BCUT2D eigenvalue weighted by atomic mass is 16.5. The molecule has 0 fully saturated rings. The van der Waals surface area contributed by atoms with E-state index in [4.69, 9.17) is 4.74 Å². The van der Waals surface area contributed by atoms with Gasteiger partial charge in [-0.1, -0.05) is 24.6 Å². The van der Waals surface area contributed by atoms with Crippen LogP contribution < -0.4 is 0 Å². The second kappa shape index (κ2) is 6.71. The van der Waals surface area contributed by atoms with Crippen molar-refractivity contribution < 1.29 is 4.74 Å². The molecule has 1 nitrogen and oxygen atoms in total. The van der Waals surface area contributed by atoms with Crippen molar-refractivity contribution in [1.29, 1.82) is 0 Å². The molecule has 0 aliphatic rings. The van der Waals surface area contributed by atoms with Crippen molar-refractivity contribution in [3.8, 4) is 0 Å². The average Bonchev–Trinajstić information content (AvgIpc) is 2.11. The van der Waals surface area contributed by atoms with Gasteiger partial charge in [0.25, 0.3) is 0 Å². The molecule has 0 aliphatic carbocycles. The molecule has 0 amide bonds. The molecule has 0 saturated heterocycles. The Balaban J connectivity index is 4.33. The number of hydrogen-bond acceptors (Lipinski definition) is 1. The summed E-state index contributed by atoms with van der Waals surface area (Å²) >= 11 is 0. The molecule has 0 radical (unpaired) electrons. The predicted molar refractivity (Wildman–Crippen MR) is 54.0 cm³/mol. The minimum absolute atomic E-state index is 1.03. The van der Waals surface area contributed by atoms with Gasteiger partial charge in [-0.3, -0.25) is 0 Å². The summed E-state index contributed by atoms with van der Waals surface area (Å²) in [5, 5.41) is 0. The summed E-state index contributed by atoms with van der Waals surface area (Å²) < 4.78 is 4.85. The first-order valence-electron chi connectivity index (χ1n) is 4.27. The van der Waals surface area contributed by atoms with Crippen LogP contribution in [0.5, 0.6) is 0 Å². The molecule has 0 rings (SSSR count). The Morgan fingerprint density at radius 3 is 2.50 bits per heavy atom. The van der Waals surface area contributed by atoms with Gasteiger partial charge in [-0.2, -0.15) is 0 Å². The smallest absolute Gasteiger partial charge is 0.0827 e. The normalized spacial score (nSPS) is 14.0. The molecule has 0 N–H and O–H groups in total. The summed E-state index contributed by atoms with van der Waals surface area (Å²) in [5.41, 5.74) is 2.57. The van der Waals surface area contributed by atoms with E-state index in [2.05, 4.69) is 26.0 Å². The minimum Gasteiger partial charge on any atom is -0.504 e. The van der Waals surface area contributed by atoms with Crippen LogP contribution >= 0.6 is 0 Å². The SMILES string of the molecule is C/C=C(C)/C=C(/C=C\OC)CC. The fourth-order valence-electron chi connectivity index (χ4n) is 0.799. The number of ether oxygens (including phenoxy) is 1. The molecule has 0 aromatic carbocycles. The van der Waals surface area contributed by atoms with Crippen molar-refractivity contribution in [2.75, 3.05) is 7.11 Å². The minimum atomic E-state index is 1.03. The van der Waals surface area contributed by atoms with Crippen LogP contribution in [0.1, 0.15) is 27.2 Å². The molecule has 1 heteroatoms. The molecule has 12 heavy (non-hydrogen) atoms. The Morgan fingerprint density at radius 2 is 2.08 bits per heavy atom. The Morgan fingerprint density at radius 1 is 1.42 bits per heavy atom. The number of allylic oxidation sites excluding steroid dienone is 5. The fraction of sp³-hybridized carbons (Fsp3) is 0.455. The molecule has 0 aliphatic heterocycles. The maximum Gasteiger partial charge on any atom is 0.0827 e. The molecule has 0 spiro atoms. The monoisotopic (exact) mass is 166 g/mol. The molecule has 0 bridgehead atoms. The van der Waals surface area contributed by atoms with E-state index in [-0.39, 0.29) is 0 Å². The van der Waals surface area contributed by atoms with Gasteiger partial charge in [0, 0.05) is 0 Å². The van der Waals surface area contributed by atoms with Crippen LogP contribution in [0.25, 0.3) is 0 Å². The molecule has 0 heterocycles. The standard InChI is InChI=1S/C11H18O/c1-5-10(3)9-11(6-2)7-8-12-4/h5,7-9H,6H2,1-4H3/b8-7-,10-5+,11-9+. The van der Waals surface area contributed by atoms with Crippen LogP contribution in [-0.2, 0) is 4.74 Å². The first-order valence-corrected chi connectivity index (χ1v) is 4.27. The first-order chi connectivity index (χ1) is 5.74. The van der Waals surface area contributed by atoms with Crippen molar-refractivity contribution >= 4 is 0 Å². The van der Waals surface area contributed by atoms with Crippen molar-refractivity contribution in [3.63, 3.8) is 0 Å². The Kier molecular flexibility index (Phi) is 6.16. The van der Waals surface area contributed by atoms with Gasteiger partial charge in [-0.15, -0.1) is 0 Å². The van der Waals surface area contributed by atoms with Crippen LogP contribution in [0, 0.1) is 0 Å². The maximum atomic E-state index is 4.85. The van der Waals surface area contributed by atoms with Gasteiger partial charge in [0.15, 0.2) is 0 Å². The summed E-state index contributed by atoms with van der Waals surface area (Å²) in [4.78, 5) is 0. The van der Waals surface area contributed by atoms with Gasteiger partial charge >= 0.3 is 0 Å². The van der Waals surface area contributed by atoms with E-state index < -0.39 is 0 Å². The van der Waals surface area contributed by atoms with Crippen LogP contribution in [0.2, 0.25) is 0 Å². The molecule has 0 atom stereocenters. The first kappa shape index (κ1) is 11.0. The second-order valence-electron chi connectivity index (χ2n) is 2.64. The zero-order chi connectivity index (χ0) is 9.40. The van der Waals surface area contributed by atoms with Crippen molar-refractivity contribution in [3.05, 3.63) is 35.6 Å². The van der Waals surface area contributed by atoms with Gasteiger partial charge < -0.3 is 4.74 Å². The second-order valence-corrected chi connectivity index (χ2v) is 2.64. The van der Waals surface area contributed by atoms with Gasteiger partial charge in [-0.05, 0) is 31.9 Å². The third-order valence-corrected chi connectivity index (χ3v) is 1.69. The summed E-state index contributed by atoms with van der Waals surface area (Å²) in [6, 6.07) is 0. The van der Waals surface area contributed by atoms with Gasteiger partial charge in [-0.25, -0.2) is 0 Å². The Hall–Kier alpha value is -0.980. The summed E-state index contributed by atoms with van der Waals surface area (Å²) in [6.45, 7) is 6.27. The largest absolute Gasteiger partial charge is 0.504 e. The topological polar surface area (TPSA) is 9.23 Å². The summed E-state index contributed by atoms with van der Waals surface area (Å²) in [5.74, 6) is 0. The number of methoxy groups -OCH3 is 1. The Bertz CT molecular complexity index is 197. The lowest BCUT2D eigenvalue weighted by Crippen LogP contribution is -1.77. The lowest BCUT2D eigenvalue weighted by atomic mass is 10.1. The molecular weight excluding hydrogens is 148 g/mol.